The number of nitrogens with zero attached hydrogens (tertiary/aromatic N) is 2. The Morgan fingerprint density at radius 3 is 3.00 bits per heavy atom. The summed E-state index contributed by atoms with van der Waals surface area (Å²) in [6, 6.07) is 7.88. The highest BCUT2D eigenvalue weighted by Crippen LogP contribution is 2.21. The van der Waals surface area contributed by atoms with Crippen LogP contribution < -0.4 is 5.73 Å². The second-order valence-corrected chi connectivity index (χ2v) is 3.16. The van der Waals surface area contributed by atoms with E-state index in [1.807, 2.05) is 24.3 Å². The predicted molar refractivity (Wildman–Crippen MR) is 55.8 cm³/mol. The Morgan fingerprint density at radius 1 is 1.14 bits per heavy atom. The summed E-state index contributed by atoms with van der Waals surface area (Å²) < 4.78 is 0. The first-order valence-electron chi connectivity index (χ1n) is 4.33. The van der Waals surface area contributed by atoms with Gasteiger partial charge < -0.3 is 10.7 Å². The number of aromatic nitrogens is 3. The van der Waals surface area contributed by atoms with E-state index in [-0.39, 0.29) is 0 Å². The number of benzene rings is 1. The van der Waals surface area contributed by atoms with Crippen LogP contribution in [0.5, 0.6) is 0 Å². The minimum absolute atomic E-state index is 0.429. The molecule has 0 aliphatic carbocycles. The Hall–Kier alpha value is -2.10. The first-order valence-corrected chi connectivity index (χ1v) is 4.33. The lowest BCUT2D eigenvalue weighted by atomic mass is 10.2. The molecule has 3 aromatic rings. The SMILES string of the molecule is Nc1nc2c(ccc3cccnc32)[nH]1. The third-order valence-electron chi connectivity index (χ3n) is 2.24. The highest BCUT2D eigenvalue weighted by Gasteiger charge is 2.04. The lowest BCUT2D eigenvalue weighted by molar-refractivity contribution is 1.35. The number of hydrogen-bond acceptors (Lipinski definition) is 3. The number of hydrogen-bond donors (Lipinski definition) is 2. The van der Waals surface area contributed by atoms with Crippen LogP contribution in [0.25, 0.3) is 21.9 Å². The molecular formula is C10H8N4. The van der Waals surface area contributed by atoms with Gasteiger partial charge in [-0.05, 0) is 12.1 Å². The lowest BCUT2D eigenvalue weighted by Gasteiger charge is -1.95. The molecule has 2 heterocycles. The fraction of sp³-hybridized carbons (Fsp3) is 0. The molecule has 68 valence electrons. The molecule has 0 atom stereocenters. The topological polar surface area (TPSA) is 67.6 Å². The van der Waals surface area contributed by atoms with Crippen molar-refractivity contribution in [2.24, 2.45) is 0 Å². The lowest BCUT2D eigenvalue weighted by Crippen LogP contribution is -1.84. The maximum atomic E-state index is 5.59. The van der Waals surface area contributed by atoms with Crippen molar-refractivity contribution in [2.45, 2.75) is 0 Å². The summed E-state index contributed by atoms with van der Waals surface area (Å²) in [6.07, 6.45) is 1.76. The number of anilines is 1. The monoisotopic (exact) mass is 184 g/mol. The molecule has 0 saturated heterocycles. The normalized spacial score (nSPS) is 11.1. The summed E-state index contributed by atoms with van der Waals surface area (Å²) in [6.45, 7) is 0. The number of imidazole rings is 1. The first-order chi connectivity index (χ1) is 6.84. The zero-order chi connectivity index (χ0) is 9.54. The van der Waals surface area contributed by atoms with Crippen LogP contribution in [0.2, 0.25) is 0 Å². The average molecular weight is 184 g/mol. The fourth-order valence-electron chi connectivity index (χ4n) is 1.63. The van der Waals surface area contributed by atoms with Gasteiger partial charge in [0.1, 0.15) is 5.52 Å². The molecule has 0 amide bonds. The van der Waals surface area contributed by atoms with E-state index in [1.54, 1.807) is 6.20 Å². The Labute approximate surface area is 79.8 Å². The third kappa shape index (κ3) is 0.877. The minimum Gasteiger partial charge on any atom is -0.369 e. The third-order valence-corrected chi connectivity index (χ3v) is 2.24. The van der Waals surface area contributed by atoms with E-state index >= 15 is 0 Å². The fourth-order valence-corrected chi connectivity index (χ4v) is 1.63. The first kappa shape index (κ1) is 7.32. The molecular weight excluding hydrogens is 176 g/mol. The van der Waals surface area contributed by atoms with Gasteiger partial charge >= 0.3 is 0 Å². The number of nitrogen functional groups attached to an aromatic ring is 1. The molecule has 3 N–H and O–H groups in total. The van der Waals surface area contributed by atoms with Crippen LogP contribution in [0, 0.1) is 0 Å². The van der Waals surface area contributed by atoms with Gasteiger partial charge in [-0.25, -0.2) is 4.98 Å². The minimum atomic E-state index is 0.429. The Morgan fingerprint density at radius 2 is 2.07 bits per heavy atom. The largest absolute Gasteiger partial charge is 0.369 e. The molecule has 0 radical (unpaired) electrons. The molecule has 2 aromatic heterocycles. The maximum Gasteiger partial charge on any atom is 0.198 e. The molecule has 3 rings (SSSR count). The second kappa shape index (κ2) is 2.45. The van der Waals surface area contributed by atoms with Crippen LogP contribution in [-0.4, -0.2) is 15.0 Å². The van der Waals surface area contributed by atoms with Gasteiger partial charge in [0.15, 0.2) is 5.95 Å². The quantitative estimate of drug-likeness (QED) is 0.558. The van der Waals surface area contributed by atoms with E-state index in [4.69, 9.17) is 5.73 Å². The van der Waals surface area contributed by atoms with E-state index in [0.29, 0.717) is 5.95 Å². The average Bonchev–Trinajstić information content (AvgIpc) is 2.59. The number of nitrogens with one attached hydrogen (secondary N) is 1. The molecule has 14 heavy (non-hydrogen) atoms. The summed E-state index contributed by atoms with van der Waals surface area (Å²) in [7, 11) is 0. The maximum absolute atomic E-state index is 5.59. The highest BCUT2D eigenvalue weighted by atomic mass is 15.0. The smallest absolute Gasteiger partial charge is 0.198 e. The van der Waals surface area contributed by atoms with Gasteiger partial charge in [-0.1, -0.05) is 12.1 Å². The molecule has 0 aliphatic heterocycles. The second-order valence-electron chi connectivity index (χ2n) is 3.16. The number of pyridine rings is 1. The van der Waals surface area contributed by atoms with Crippen LogP contribution in [-0.2, 0) is 0 Å². The van der Waals surface area contributed by atoms with Gasteiger partial charge in [-0.15, -0.1) is 0 Å². The van der Waals surface area contributed by atoms with E-state index < -0.39 is 0 Å². The standard InChI is InChI=1S/C10H8N4/c11-10-13-7-4-3-6-2-1-5-12-8(6)9(7)14-10/h1-5H,(H3,11,13,14). The summed E-state index contributed by atoms with van der Waals surface area (Å²) >= 11 is 0. The van der Waals surface area contributed by atoms with Crippen molar-refractivity contribution in [2.75, 3.05) is 5.73 Å². The van der Waals surface area contributed by atoms with E-state index in [2.05, 4.69) is 15.0 Å². The van der Waals surface area contributed by atoms with E-state index in [1.165, 1.54) is 0 Å². The molecule has 0 aliphatic rings. The van der Waals surface area contributed by atoms with Gasteiger partial charge in [0, 0.05) is 11.6 Å². The van der Waals surface area contributed by atoms with Crippen LogP contribution in [0.1, 0.15) is 0 Å². The number of rotatable bonds is 0. The molecule has 0 saturated carbocycles. The molecule has 1 aromatic carbocycles. The van der Waals surface area contributed by atoms with Crippen LogP contribution in [0.15, 0.2) is 30.5 Å². The number of fused-ring (bicyclic) bond motifs is 3. The number of aromatic amines is 1. The van der Waals surface area contributed by atoms with Crippen molar-refractivity contribution < 1.29 is 0 Å². The van der Waals surface area contributed by atoms with Crippen molar-refractivity contribution in [1.29, 1.82) is 0 Å². The van der Waals surface area contributed by atoms with Crippen molar-refractivity contribution in [3.63, 3.8) is 0 Å². The molecule has 0 unspecified atom stereocenters. The molecule has 0 fully saturated rings. The number of nitrogens with two attached hydrogens (primary N) is 1. The summed E-state index contributed by atoms with van der Waals surface area (Å²) in [5, 5.41) is 1.08. The summed E-state index contributed by atoms with van der Waals surface area (Å²) in [5.74, 6) is 0.429. The molecule has 4 heteroatoms. The zero-order valence-electron chi connectivity index (χ0n) is 7.36. The van der Waals surface area contributed by atoms with E-state index in [0.717, 1.165) is 21.9 Å². The Balaban J connectivity index is 2.60. The van der Waals surface area contributed by atoms with Gasteiger partial charge in [-0.2, -0.15) is 0 Å². The molecule has 0 bridgehead atoms. The van der Waals surface area contributed by atoms with Crippen LogP contribution in [0.4, 0.5) is 5.95 Å². The summed E-state index contributed by atoms with van der Waals surface area (Å²) in [5.41, 5.74) is 8.23. The highest BCUT2D eigenvalue weighted by molar-refractivity contribution is 6.01. The van der Waals surface area contributed by atoms with Gasteiger partial charge in [0.05, 0.1) is 11.0 Å². The van der Waals surface area contributed by atoms with E-state index in [9.17, 15) is 0 Å². The summed E-state index contributed by atoms with van der Waals surface area (Å²) in [4.78, 5) is 11.5. The van der Waals surface area contributed by atoms with Crippen molar-refractivity contribution >= 4 is 27.9 Å². The van der Waals surface area contributed by atoms with Crippen molar-refractivity contribution in [3.8, 4) is 0 Å². The van der Waals surface area contributed by atoms with Gasteiger partial charge in [0.25, 0.3) is 0 Å². The van der Waals surface area contributed by atoms with Crippen molar-refractivity contribution in [1.82, 2.24) is 15.0 Å². The number of H-pyrrole nitrogens is 1. The van der Waals surface area contributed by atoms with Gasteiger partial charge in [-0.3, -0.25) is 4.98 Å². The van der Waals surface area contributed by atoms with Crippen LogP contribution >= 0.6 is 0 Å². The predicted octanol–water partition coefficient (Wildman–Crippen LogP) is 1.69. The van der Waals surface area contributed by atoms with Crippen LogP contribution in [0.3, 0.4) is 0 Å². The molecule has 0 spiro atoms. The Kier molecular flexibility index (Phi) is 1.28. The zero-order valence-corrected chi connectivity index (χ0v) is 7.36. The van der Waals surface area contributed by atoms with Crippen molar-refractivity contribution in [3.05, 3.63) is 30.5 Å². The Bertz CT molecular complexity index is 612. The molecule has 4 nitrogen and oxygen atoms in total. The van der Waals surface area contributed by atoms with Gasteiger partial charge in [0.2, 0.25) is 0 Å².